The highest BCUT2D eigenvalue weighted by Crippen LogP contribution is 2.31. The molecule has 0 unspecified atom stereocenters. The summed E-state index contributed by atoms with van der Waals surface area (Å²) in [4.78, 5) is 49.2. The third-order valence-corrected chi connectivity index (χ3v) is 8.05. The summed E-state index contributed by atoms with van der Waals surface area (Å²) in [7, 11) is 0. The van der Waals surface area contributed by atoms with Crippen molar-refractivity contribution in [2.75, 3.05) is 5.32 Å². The van der Waals surface area contributed by atoms with E-state index in [1.165, 1.54) is 39.7 Å². The van der Waals surface area contributed by atoms with E-state index in [0.29, 0.717) is 33.4 Å². The van der Waals surface area contributed by atoms with Gasteiger partial charge in [0.05, 0.1) is 29.2 Å². The standard InChI is InChI=1S/C28H19ClN6O4S2/c29-23-4-3-19(41-23)14-32-24-12-21(33-35(24)28(38)26-31-8-10-39-26)25-20(17-2-1-7-30-13-17)5-9-34(27(25)37)15-22(36)18-6-11-40-16-18/h1-13,16,32H,14-15H2. The Bertz CT molecular complexity index is 1890. The smallest absolute Gasteiger partial charge is 0.335 e. The molecule has 0 saturated carbocycles. The number of hydrogen-bond donors (Lipinski definition) is 1. The van der Waals surface area contributed by atoms with E-state index in [-0.39, 0.29) is 29.5 Å². The average molecular weight is 603 g/mol. The molecule has 0 bridgehead atoms. The molecule has 0 aliphatic heterocycles. The molecule has 13 heteroatoms. The Morgan fingerprint density at radius 3 is 2.73 bits per heavy atom. The summed E-state index contributed by atoms with van der Waals surface area (Å²) >= 11 is 8.89. The fourth-order valence-corrected chi connectivity index (χ4v) is 5.89. The van der Waals surface area contributed by atoms with Crippen LogP contribution < -0.4 is 10.9 Å². The van der Waals surface area contributed by atoms with Crippen LogP contribution in [-0.2, 0) is 13.1 Å². The molecule has 0 fully saturated rings. The number of Topliss-reactive ketones (excluding diaryl/α,β-unsaturated/α-hetero) is 1. The second kappa shape index (κ2) is 11.5. The lowest BCUT2D eigenvalue weighted by Crippen LogP contribution is -2.25. The highest BCUT2D eigenvalue weighted by molar-refractivity contribution is 7.16. The first-order valence-electron chi connectivity index (χ1n) is 12.2. The van der Waals surface area contributed by atoms with E-state index in [1.807, 2.05) is 17.5 Å². The molecule has 10 nitrogen and oxygen atoms in total. The number of thiophene rings is 2. The van der Waals surface area contributed by atoms with Gasteiger partial charge >= 0.3 is 5.91 Å². The number of rotatable bonds is 9. The number of carbonyl (C=O) groups excluding carboxylic acids is 2. The number of nitrogens with zero attached hydrogens (tertiary/aromatic N) is 5. The first-order valence-corrected chi connectivity index (χ1v) is 14.3. The van der Waals surface area contributed by atoms with Crippen LogP contribution >= 0.6 is 34.3 Å². The van der Waals surface area contributed by atoms with Crippen LogP contribution in [0.3, 0.4) is 0 Å². The van der Waals surface area contributed by atoms with Gasteiger partial charge in [-0.2, -0.15) is 21.1 Å². The average Bonchev–Trinajstić information content (AvgIpc) is 3.81. The molecule has 204 valence electrons. The third-order valence-electron chi connectivity index (χ3n) is 6.14. The fraction of sp³-hybridized carbons (Fsp3) is 0.0714. The molecule has 0 radical (unpaired) electrons. The maximum absolute atomic E-state index is 14.0. The molecule has 41 heavy (non-hydrogen) atoms. The largest absolute Gasteiger partial charge is 0.441 e. The predicted octanol–water partition coefficient (Wildman–Crippen LogP) is 5.72. The quantitative estimate of drug-likeness (QED) is 0.208. The Morgan fingerprint density at radius 1 is 1.12 bits per heavy atom. The summed E-state index contributed by atoms with van der Waals surface area (Å²) in [5, 5.41) is 11.3. The molecule has 6 rings (SSSR count). The lowest BCUT2D eigenvalue weighted by molar-refractivity contribution is 0.0912. The van der Waals surface area contributed by atoms with Gasteiger partial charge in [0.2, 0.25) is 0 Å². The van der Waals surface area contributed by atoms with Crippen LogP contribution in [0.4, 0.5) is 5.82 Å². The van der Waals surface area contributed by atoms with Crippen LogP contribution in [0.5, 0.6) is 0 Å². The molecule has 6 aromatic heterocycles. The Labute approximate surface area is 245 Å². The normalized spacial score (nSPS) is 11.0. The Kier molecular flexibility index (Phi) is 7.42. The van der Waals surface area contributed by atoms with E-state index in [0.717, 1.165) is 9.56 Å². The minimum atomic E-state index is -0.625. The minimum absolute atomic E-state index is 0.157. The van der Waals surface area contributed by atoms with Crippen molar-refractivity contribution in [2.45, 2.75) is 13.1 Å². The fourth-order valence-electron chi connectivity index (χ4n) is 4.21. The van der Waals surface area contributed by atoms with E-state index < -0.39 is 11.5 Å². The van der Waals surface area contributed by atoms with Crippen LogP contribution in [0.2, 0.25) is 4.34 Å². The molecule has 1 N–H and O–H groups in total. The van der Waals surface area contributed by atoms with Gasteiger partial charge in [-0.15, -0.1) is 11.3 Å². The molecule has 0 aliphatic rings. The van der Waals surface area contributed by atoms with Crippen molar-refractivity contribution in [2.24, 2.45) is 0 Å². The zero-order valence-corrected chi connectivity index (χ0v) is 23.4. The molecule has 0 atom stereocenters. The Hall–Kier alpha value is -4.65. The van der Waals surface area contributed by atoms with Crippen molar-refractivity contribution in [3.05, 3.63) is 115 Å². The number of hydrogen-bond acceptors (Lipinski definition) is 10. The van der Waals surface area contributed by atoms with E-state index in [9.17, 15) is 14.4 Å². The van der Waals surface area contributed by atoms with Gasteiger partial charge in [0.1, 0.15) is 17.8 Å². The highest BCUT2D eigenvalue weighted by atomic mass is 35.5. The van der Waals surface area contributed by atoms with Crippen molar-refractivity contribution in [3.63, 3.8) is 0 Å². The highest BCUT2D eigenvalue weighted by Gasteiger charge is 2.24. The number of anilines is 1. The second-order valence-electron chi connectivity index (χ2n) is 8.74. The summed E-state index contributed by atoms with van der Waals surface area (Å²) in [5.41, 5.74) is 1.73. The van der Waals surface area contributed by atoms with E-state index in [4.69, 9.17) is 16.0 Å². The van der Waals surface area contributed by atoms with Crippen molar-refractivity contribution in [3.8, 4) is 22.4 Å². The zero-order chi connectivity index (χ0) is 28.3. The topological polar surface area (TPSA) is 125 Å². The Morgan fingerprint density at radius 2 is 2.02 bits per heavy atom. The predicted molar refractivity (Wildman–Crippen MR) is 157 cm³/mol. The zero-order valence-electron chi connectivity index (χ0n) is 21.1. The van der Waals surface area contributed by atoms with Gasteiger partial charge < -0.3 is 14.3 Å². The monoisotopic (exact) mass is 602 g/mol. The summed E-state index contributed by atoms with van der Waals surface area (Å²) in [6, 6.07) is 12.3. The molecule has 0 amide bonds. The number of aromatic nitrogens is 5. The number of ketones is 1. The third kappa shape index (κ3) is 5.53. The maximum atomic E-state index is 14.0. The van der Waals surface area contributed by atoms with Crippen molar-refractivity contribution < 1.29 is 14.0 Å². The van der Waals surface area contributed by atoms with E-state index >= 15 is 0 Å². The van der Waals surface area contributed by atoms with Crippen molar-refractivity contribution >= 4 is 51.8 Å². The molecule has 0 saturated heterocycles. The first-order chi connectivity index (χ1) is 20.0. The van der Waals surface area contributed by atoms with Gasteiger partial charge in [-0.3, -0.25) is 19.4 Å². The minimum Gasteiger partial charge on any atom is -0.441 e. The van der Waals surface area contributed by atoms with Crippen LogP contribution in [0.15, 0.2) is 93.5 Å². The molecule has 0 aliphatic carbocycles. The Balaban J connectivity index is 1.47. The lowest BCUT2D eigenvalue weighted by Gasteiger charge is -2.11. The summed E-state index contributed by atoms with van der Waals surface area (Å²) < 4.78 is 8.31. The van der Waals surface area contributed by atoms with Gasteiger partial charge in [-0.1, -0.05) is 17.7 Å². The summed E-state index contributed by atoms with van der Waals surface area (Å²) in [6.07, 6.45) is 7.49. The van der Waals surface area contributed by atoms with Gasteiger partial charge in [0, 0.05) is 46.0 Å². The van der Waals surface area contributed by atoms with Gasteiger partial charge in [0.25, 0.3) is 11.4 Å². The van der Waals surface area contributed by atoms with Crippen molar-refractivity contribution in [1.82, 2.24) is 24.3 Å². The molecule has 6 aromatic rings. The van der Waals surface area contributed by atoms with Crippen LogP contribution in [0.25, 0.3) is 22.4 Å². The molecular weight excluding hydrogens is 584 g/mol. The van der Waals surface area contributed by atoms with Crippen LogP contribution in [-0.4, -0.2) is 36.0 Å². The number of oxazole rings is 1. The number of nitrogens with one attached hydrogen (secondary N) is 1. The number of halogens is 1. The first kappa shape index (κ1) is 26.6. The number of carbonyl (C=O) groups is 2. The van der Waals surface area contributed by atoms with E-state index in [2.05, 4.69) is 20.4 Å². The lowest BCUT2D eigenvalue weighted by atomic mass is 10.0. The summed E-state index contributed by atoms with van der Waals surface area (Å²) in [6.45, 7) is 0.196. The number of pyridine rings is 2. The van der Waals surface area contributed by atoms with E-state index in [1.54, 1.807) is 54.3 Å². The maximum Gasteiger partial charge on any atom is 0.335 e. The molecular formula is C28H19ClN6O4S2. The van der Waals surface area contributed by atoms with Crippen molar-refractivity contribution in [1.29, 1.82) is 0 Å². The van der Waals surface area contributed by atoms with Gasteiger partial charge in [0.15, 0.2) is 5.78 Å². The van der Waals surface area contributed by atoms with Gasteiger partial charge in [-0.05, 0) is 41.3 Å². The summed E-state index contributed by atoms with van der Waals surface area (Å²) in [5.74, 6) is -0.676. The molecule has 0 aromatic carbocycles. The molecule has 6 heterocycles. The van der Waals surface area contributed by atoms with Crippen LogP contribution in [0.1, 0.15) is 25.9 Å². The van der Waals surface area contributed by atoms with Gasteiger partial charge in [-0.25, -0.2) is 4.98 Å². The molecule has 0 spiro atoms. The second-order valence-corrected chi connectivity index (χ2v) is 11.3. The SMILES string of the molecule is O=C(Cn1ccc(-c2cccnc2)c(-c2cc(NCc3ccc(Cl)s3)n(C(=O)c3ncco3)n2)c1=O)c1ccsc1. The van der Waals surface area contributed by atoms with Crippen LogP contribution in [0, 0.1) is 0 Å².